The highest BCUT2D eigenvalue weighted by Gasteiger charge is 2.44. The summed E-state index contributed by atoms with van der Waals surface area (Å²) in [6.07, 6.45) is 12.0. The largest absolute Gasteiger partial charge is 0.481 e. The fraction of sp³-hybridized carbons (Fsp3) is 0.355. The number of rotatable bonds is 6. The molecule has 202 valence electrons. The molecule has 0 aromatic carbocycles. The zero-order chi connectivity index (χ0) is 27.2. The first kappa shape index (κ1) is 24.8. The summed E-state index contributed by atoms with van der Waals surface area (Å²) in [6.45, 7) is 5.96. The molecule has 9 heteroatoms. The number of hydrogen-bond acceptors (Lipinski definition) is 8. The molecule has 0 radical (unpaired) electrons. The van der Waals surface area contributed by atoms with Crippen molar-refractivity contribution in [2.24, 2.45) is 0 Å². The lowest BCUT2D eigenvalue weighted by Gasteiger charge is -2.56. The topological polar surface area (TPSA) is 94.6 Å². The Morgan fingerprint density at radius 1 is 1.07 bits per heavy atom. The number of piperazine rings is 1. The molecular formula is C31H32N8O. The molecule has 9 nitrogen and oxygen atoms in total. The maximum Gasteiger partial charge on any atom is 0.212 e. The van der Waals surface area contributed by atoms with E-state index >= 15 is 0 Å². The zero-order valence-electron chi connectivity index (χ0n) is 22.8. The third-order valence-electron chi connectivity index (χ3n) is 8.51. The van der Waals surface area contributed by atoms with Crippen LogP contribution in [0.5, 0.6) is 5.88 Å². The normalized spacial score (nSPS) is 22.5. The summed E-state index contributed by atoms with van der Waals surface area (Å²) in [5.41, 5.74) is 7.02. The molecule has 4 aromatic rings. The van der Waals surface area contributed by atoms with E-state index in [4.69, 9.17) is 9.72 Å². The zero-order valence-corrected chi connectivity index (χ0v) is 22.8. The maximum atomic E-state index is 9.77. The predicted molar refractivity (Wildman–Crippen MR) is 154 cm³/mol. The third kappa shape index (κ3) is 4.39. The Kier molecular flexibility index (Phi) is 6.22. The number of pyridine rings is 3. The fourth-order valence-electron chi connectivity index (χ4n) is 6.42. The first-order valence-corrected chi connectivity index (χ1v) is 13.9. The van der Waals surface area contributed by atoms with Crippen molar-refractivity contribution < 1.29 is 4.74 Å². The van der Waals surface area contributed by atoms with Gasteiger partial charge in [-0.15, -0.1) is 0 Å². The Morgan fingerprint density at radius 2 is 1.95 bits per heavy atom. The van der Waals surface area contributed by atoms with Crippen LogP contribution in [0.25, 0.3) is 22.2 Å². The van der Waals surface area contributed by atoms with Crippen molar-refractivity contribution in [1.82, 2.24) is 29.8 Å². The molecule has 8 rings (SSSR count). The Bertz CT molecular complexity index is 1610. The van der Waals surface area contributed by atoms with Crippen molar-refractivity contribution in [1.29, 1.82) is 5.26 Å². The number of nitrogens with zero attached hydrogens (tertiary/aromatic N) is 7. The van der Waals surface area contributed by atoms with Crippen LogP contribution in [0.3, 0.4) is 0 Å². The number of nitriles is 1. The molecule has 4 aliphatic heterocycles. The van der Waals surface area contributed by atoms with Gasteiger partial charge in [-0.2, -0.15) is 10.4 Å². The van der Waals surface area contributed by atoms with E-state index < -0.39 is 0 Å². The molecule has 0 amide bonds. The quantitative estimate of drug-likeness (QED) is 0.400. The highest BCUT2D eigenvalue weighted by atomic mass is 16.5. The number of hydrogen-bond donors (Lipinski definition) is 1. The Morgan fingerprint density at radius 3 is 2.65 bits per heavy atom. The monoisotopic (exact) mass is 532 g/mol. The van der Waals surface area contributed by atoms with Gasteiger partial charge in [-0.3, -0.25) is 4.90 Å². The first-order chi connectivity index (χ1) is 19.6. The Balaban J connectivity index is 1.12. The molecule has 4 aromatic heterocycles. The number of nitrogens with one attached hydrogen (secondary N) is 1. The first-order valence-electron chi connectivity index (χ1n) is 13.9. The van der Waals surface area contributed by atoms with Crippen LogP contribution in [0.2, 0.25) is 0 Å². The second kappa shape index (κ2) is 10.0. The highest BCUT2D eigenvalue weighted by Crippen LogP contribution is 2.37. The Labute approximate surface area is 233 Å². The van der Waals surface area contributed by atoms with Crippen LogP contribution in [0.15, 0.2) is 61.2 Å². The minimum absolute atomic E-state index is 0.329. The molecule has 3 atom stereocenters. The van der Waals surface area contributed by atoms with Crippen molar-refractivity contribution >= 4 is 16.9 Å². The molecule has 3 fully saturated rings. The minimum atomic E-state index is 0.329. The number of ether oxygens (including phenoxy) is 1. The molecule has 1 N–H and O–H groups in total. The summed E-state index contributed by atoms with van der Waals surface area (Å²) >= 11 is 0. The van der Waals surface area contributed by atoms with Crippen LogP contribution in [0.4, 0.5) is 5.82 Å². The molecule has 40 heavy (non-hydrogen) atoms. The van der Waals surface area contributed by atoms with Crippen molar-refractivity contribution in [3.8, 4) is 23.1 Å². The van der Waals surface area contributed by atoms with E-state index in [1.54, 1.807) is 13.3 Å². The van der Waals surface area contributed by atoms with Crippen LogP contribution in [-0.2, 0) is 6.54 Å². The van der Waals surface area contributed by atoms with Gasteiger partial charge in [-0.05, 0) is 61.2 Å². The molecule has 0 aliphatic carbocycles. The summed E-state index contributed by atoms with van der Waals surface area (Å²) in [5, 5.41) is 17.8. The summed E-state index contributed by atoms with van der Waals surface area (Å²) in [4.78, 5) is 14.3. The van der Waals surface area contributed by atoms with Gasteiger partial charge in [0.25, 0.3) is 0 Å². The SMILES string of the molecule is COc1ccc(CN2C3CC2CN(c2ccc(-c4cc(C5=CC(C)NCC5)cn5ncc(C#N)c45)cn2)C3)cn1. The predicted octanol–water partition coefficient (Wildman–Crippen LogP) is 3.90. The van der Waals surface area contributed by atoms with Gasteiger partial charge in [-0.25, -0.2) is 14.5 Å². The molecule has 0 spiro atoms. The van der Waals surface area contributed by atoms with Gasteiger partial charge in [-0.1, -0.05) is 12.1 Å². The van der Waals surface area contributed by atoms with Crippen LogP contribution >= 0.6 is 0 Å². The molecule has 3 unspecified atom stereocenters. The van der Waals surface area contributed by atoms with Gasteiger partial charge in [0, 0.05) is 73.5 Å². The molecule has 3 saturated heterocycles. The van der Waals surface area contributed by atoms with E-state index in [1.807, 2.05) is 29.2 Å². The lowest BCUT2D eigenvalue weighted by atomic mass is 9.87. The van der Waals surface area contributed by atoms with Crippen molar-refractivity contribution in [2.75, 3.05) is 31.6 Å². The van der Waals surface area contributed by atoms with E-state index in [-0.39, 0.29) is 0 Å². The minimum Gasteiger partial charge on any atom is -0.481 e. The van der Waals surface area contributed by atoms with E-state index in [1.165, 1.54) is 17.6 Å². The average molecular weight is 533 g/mol. The molecule has 2 bridgehead atoms. The van der Waals surface area contributed by atoms with Gasteiger partial charge in [0.1, 0.15) is 11.9 Å². The summed E-state index contributed by atoms with van der Waals surface area (Å²) in [6, 6.07) is 14.2. The lowest BCUT2D eigenvalue weighted by Crippen LogP contribution is -2.68. The second-order valence-corrected chi connectivity index (χ2v) is 11.0. The Hall–Kier alpha value is -4.26. The fourth-order valence-corrected chi connectivity index (χ4v) is 6.42. The van der Waals surface area contributed by atoms with Gasteiger partial charge in [0.15, 0.2) is 0 Å². The summed E-state index contributed by atoms with van der Waals surface area (Å²) in [5.74, 6) is 1.65. The molecule has 0 saturated carbocycles. The second-order valence-electron chi connectivity index (χ2n) is 11.0. The van der Waals surface area contributed by atoms with Crippen molar-refractivity contribution in [3.05, 3.63) is 77.9 Å². The number of fused-ring (bicyclic) bond motifs is 3. The van der Waals surface area contributed by atoms with E-state index in [0.29, 0.717) is 29.6 Å². The van der Waals surface area contributed by atoms with Crippen LogP contribution < -0.4 is 15.0 Å². The van der Waals surface area contributed by atoms with Crippen LogP contribution in [0, 0.1) is 11.3 Å². The van der Waals surface area contributed by atoms with E-state index in [9.17, 15) is 5.26 Å². The summed E-state index contributed by atoms with van der Waals surface area (Å²) in [7, 11) is 1.64. The lowest BCUT2D eigenvalue weighted by molar-refractivity contribution is -0.00876. The molecule has 4 aliphatic rings. The smallest absolute Gasteiger partial charge is 0.212 e. The molecular weight excluding hydrogens is 500 g/mol. The van der Waals surface area contributed by atoms with Crippen LogP contribution in [0.1, 0.15) is 36.5 Å². The number of methoxy groups -OCH3 is 1. The van der Waals surface area contributed by atoms with Gasteiger partial charge < -0.3 is 15.0 Å². The van der Waals surface area contributed by atoms with Gasteiger partial charge in [0.05, 0.1) is 24.4 Å². The number of anilines is 1. The highest BCUT2D eigenvalue weighted by molar-refractivity contribution is 5.87. The standard InChI is InChI=1S/C31H32N8O/c1-20-9-22(7-8-33-20)24-10-28(31-25(12-32)15-36-39(31)17-24)23-4-5-29(34-14-23)37-18-26-11-27(19-37)38(26)16-21-3-6-30(40-2)35-13-21/h3-6,9-10,13-15,17,20,26-27,33H,7-8,11,16,18-19H2,1-2H3. The average Bonchev–Trinajstić information content (AvgIpc) is 3.43. The van der Waals surface area contributed by atoms with Gasteiger partial charge >= 0.3 is 0 Å². The van der Waals surface area contributed by atoms with Crippen molar-refractivity contribution in [3.63, 3.8) is 0 Å². The van der Waals surface area contributed by atoms with Crippen molar-refractivity contribution in [2.45, 2.75) is 44.4 Å². The van der Waals surface area contributed by atoms with Gasteiger partial charge in [0.2, 0.25) is 5.88 Å². The summed E-state index contributed by atoms with van der Waals surface area (Å²) < 4.78 is 7.04. The maximum absolute atomic E-state index is 9.77. The number of aromatic nitrogens is 4. The number of piperidine rings is 1. The van der Waals surface area contributed by atoms with E-state index in [0.717, 1.165) is 60.6 Å². The van der Waals surface area contributed by atoms with Crippen LogP contribution in [-0.4, -0.2) is 69.4 Å². The third-order valence-corrected chi connectivity index (χ3v) is 8.51. The molecule has 8 heterocycles. The van der Waals surface area contributed by atoms with E-state index in [2.05, 4.69) is 68.5 Å².